The first kappa shape index (κ1) is 17.2. The van der Waals surface area contributed by atoms with Crippen molar-refractivity contribution in [3.05, 3.63) is 30.3 Å². The highest BCUT2D eigenvalue weighted by Crippen LogP contribution is 2.52. The summed E-state index contributed by atoms with van der Waals surface area (Å²) in [5.41, 5.74) is 0.282. The monoisotopic (exact) mass is 359 g/mol. The second-order valence-electron chi connectivity index (χ2n) is 5.42. The zero-order valence-electron chi connectivity index (χ0n) is 12.9. The first-order valence-electron chi connectivity index (χ1n) is 7.39. The zero-order chi connectivity index (χ0) is 17.4. The number of ether oxygens (including phenoxy) is 1. The number of nitrogens with zero attached hydrogens (tertiary/aromatic N) is 3. The molecule has 3 rings (SSSR count). The van der Waals surface area contributed by atoms with Crippen LogP contribution in [-0.4, -0.2) is 53.2 Å². The van der Waals surface area contributed by atoms with E-state index >= 15 is 0 Å². The Kier molecular flexibility index (Phi) is 4.58. The van der Waals surface area contributed by atoms with Crippen LogP contribution in [-0.2, 0) is 9.53 Å². The van der Waals surface area contributed by atoms with Gasteiger partial charge in [-0.15, -0.1) is 0 Å². The van der Waals surface area contributed by atoms with Crippen LogP contribution in [0.1, 0.15) is 6.92 Å². The quantitative estimate of drug-likeness (QED) is 0.830. The minimum Gasteiger partial charge on any atom is -0.379 e. The van der Waals surface area contributed by atoms with Gasteiger partial charge in [0.25, 0.3) is 4.99 Å². The number of morpholine rings is 1. The molecule has 1 fully saturated rings. The van der Waals surface area contributed by atoms with Crippen LogP contribution in [0.4, 0.5) is 18.9 Å². The van der Waals surface area contributed by atoms with E-state index in [1.807, 2.05) is 0 Å². The van der Waals surface area contributed by atoms with E-state index in [0.29, 0.717) is 11.8 Å². The molecule has 130 valence electrons. The molecule has 0 amide bonds. The summed E-state index contributed by atoms with van der Waals surface area (Å²) in [6.45, 7) is 1.85. The average molecular weight is 359 g/mol. The predicted molar refractivity (Wildman–Crippen MR) is 85.8 cm³/mol. The zero-order valence-corrected chi connectivity index (χ0v) is 13.7. The lowest BCUT2D eigenvalue weighted by atomic mass is 10.2. The van der Waals surface area contributed by atoms with Crippen LogP contribution in [0.2, 0.25) is 0 Å². The van der Waals surface area contributed by atoms with Gasteiger partial charge >= 0.3 is 6.18 Å². The molecule has 1 atom stereocenters. The molecule has 0 bridgehead atoms. The van der Waals surface area contributed by atoms with Crippen LogP contribution in [0, 0.1) is 0 Å². The van der Waals surface area contributed by atoms with Crippen molar-refractivity contribution in [2.24, 2.45) is 5.10 Å². The molecule has 2 aliphatic rings. The second kappa shape index (κ2) is 6.38. The number of hydrazone groups is 1. The Hall–Kier alpha value is -1.58. The van der Waals surface area contributed by atoms with Gasteiger partial charge in [0.15, 0.2) is 10.8 Å². The van der Waals surface area contributed by atoms with Crippen molar-refractivity contribution in [3.63, 3.8) is 0 Å². The summed E-state index contributed by atoms with van der Waals surface area (Å²) in [5, 5.41) is 4.78. The fourth-order valence-corrected chi connectivity index (χ4v) is 3.92. The Balaban J connectivity index is 2.12. The van der Waals surface area contributed by atoms with E-state index in [-0.39, 0.29) is 37.0 Å². The second-order valence-corrected chi connectivity index (χ2v) is 6.58. The van der Waals surface area contributed by atoms with Crippen molar-refractivity contribution in [2.75, 3.05) is 31.3 Å². The van der Waals surface area contributed by atoms with E-state index < -0.39 is 17.0 Å². The number of halogens is 3. The number of para-hydroxylation sites is 1. The van der Waals surface area contributed by atoms with Gasteiger partial charge in [-0.1, -0.05) is 18.2 Å². The molecule has 0 N–H and O–H groups in total. The highest BCUT2D eigenvalue weighted by Gasteiger charge is 2.67. The number of alkyl halides is 3. The molecule has 0 aromatic heterocycles. The number of rotatable bonds is 3. The summed E-state index contributed by atoms with van der Waals surface area (Å²) >= 11 is 0.454. The molecule has 9 heteroatoms. The van der Waals surface area contributed by atoms with Gasteiger partial charge in [0.05, 0.1) is 18.9 Å². The molecule has 1 saturated heterocycles. The number of hydrogen-bond acceptors (Lipinski definition) is 6. The molecule has 2 heterocycles. The van der Waals surface area contributed by atoms with E-state index in [4.69, 9.17) is 4.74 Å². The Morgan fingerprint density at radius 1 is 1.25 bits per heavy atom. The Bertz CT molecular complexity index is 647. The summed E-state index contributed by atoms with van der Waals surface area (Å²) in [5.74, 6) is -0.486. The lowest BCUT2D eigenvalue weighted by molar-refractivity contribution is -0.205. The Labute approximate surface area is 141 Å². The molecule has 5 nitrogen and oxygen atoms in total. The molecule has 0 saturated carbocycles. The lowest BCUT2D eigenvalue weighted by Crippen LogP contribution is -2.66. The fourth-order valence-electron chi connectivity index (χ4n) is 2.72. The van der Waals surface area contributed by atoms with Crippen molar-refractivity contribution in [1.82, 2.24) is 4.90 Å². The van der Waals surface area contributed by atoms with Crippen LogP contribution in [0.5, 0.6) is 0 Å². The van der Waals surface area contributed by atoms with Crippen LogP contribution >= 0.6 is 11.8 Å². The molecule has 1 unspecified atom stereocenters. The van der Waals surface area contributed by atoms with E-state index in [2.05, 4.69) is 5.10 Å². The highest BCUT2D eigenvalue weighted by molar-refractivity contribution is 8.17. The number of ketones is 1. The number of carbonyl (C=O) groups excluding carboxylic acids is 1. The third kappa shape index (κ3) is 2.80. The third-order valence-corrected chi connectivity index (χ3v) is 5.34. The topological polar surface area (TPSA) is 45.1 Å². The van der Waals surface area contributed by atoms with Gasteiger partial charge < -0.3 is 4.74 Å². The summed E-state index contributed by atoms with van der Waals surface area (Å²) in [6.07, 6.45) is -4.63. The molecule has 0 spiro atoms. The van der Waals surface area contributed by atoms with Crippen LogP contribution < -0.4 is 5.01 Å². The van der Waals surface area contributed by atoms with Gasteiger partial charge in [0, 0.05) is 20.0 Å². The molecule has 1 aromatic carbocycles. The van der Waals surface area contributed by atoms with Gasteiger partial charge in [0.1, 0.15) is 0 Å². The molecule has 2 aliphatic heterocycles. The number of anilines is 1. The van der Waals surface area contributed by atoms with Gasteiger partial charge in [-0.25, -0.2) is 5.01 Å². The fraction of sp³-hybridized carbons (Fsp3) is 0.467. The summed E-state index contributed by atoms with van der Waals surface area (Å²) < 4.78 is 47.9. The highest BCUT2D eigenvalue weighted by atomic mass is 32.2. The van der Waals surface area contributed by atoms with Crippen LogP contribution in [0.3, 0.4) is 0 Å². The van der Waals surface area contributed by atoms with Gasteiger partial charge in [-0.05, 0) is 23.9 Å². The molecular formula is C15H16F3N3O2S. The largest absolute Gasteiger partial charge is 0.437 e. The molecular weight excluding hydrogens is 343 g/mol. The van der Waals surface area contributed by atoms with E-state index in [0.717, 1.165) is 5.01 Å². The van der Waals surface area contributed by atoms with E-state index in [9.17, 15) is 18.0 Å². The standard InChI is InChI=1S/C15H16F3N3O2S/c1-11(22)13-19-21(12-5-3-2-4-6-12)15(24-13,14(16,17)18)20-7-9-23-10-8-20/h2-6H,7-10H2,1H3. The van der Waals surface area contributed by atoms with Crippen LogP contribution in [0.15, 0.2) is 35.4 Å². The van der Waals surface area contributed by atoms with Crippen molar-refractivity contribution in [2.45, 2.75) is 18.1 Å². The predicted octanol–water partition coefficient (Wildman–Crippen LogP) is 2.69. The summed E-state index contributed by atoms with van der Waals surface area (Å²) in [4.78, 5) is 10.6. The molecule has 0 radical (unpaired) electrons. The van der Waals surface area contributed by atoms with E-state index in [1.165, 1.54) is 11.8 Å². The number of benzene rings is 1. The van der Waals surface area contributed by atoms with E-state index in [1.54, 1.807) is 30.3 Å². The number of carbonyl (C=O) groups is 1. The number of hydrogen-bond donors (Lipinski definition) is 0. The maximum atomic E-state index is 14.2. The smallest absolute Gasteiger partial charge is 0.379 e. The van der Waals surface area contributed by atoms with Crippen molar-refractivity contribution in [3.8, 4) is 0 Å². The Morgan fingerprint density at radius 3 is 2.42 bits per heavy atom. The number of Topliss-reactive ketones (excluding diaryl/α,β-unsaturated/α-hetero) is 1. The van der Waals surface area contributed by atoms with Gasteiger partial charge in [0.2, 0.25) is 0 Å². The summed E-state index contributed by atoms with van der Waals surface area (Å²) in [6, 6.07) is 8.10. The normalized spacial score (nSPS) is 25.7. The first-order valence-corrected chi connectivity index (χ1v) is 8.21. The van der Waals surface area contributed by atoms with Crippen molar-refractivity contribution < 1.29 is 22.7 Å². The summed E-state index contributed by atoms with van der Waals surface area (Å²) in [7, 11) is 0. The molecule has 1 aromatic rings. The van der Waals surface area contributed by atoms with Crippen molar-refractivity contribution >= 4 is 28.3 Å². The maximum Gasteiger partial charge on any atom is 0.437 e. The SMILES string of the molecule is CC(=O)C1=NN(c2ccccc2)C(N2CCOCC2)(C(F)(F)F)S1. The molecule has 24 heavy (non-hydrogen) atoms. The Morgan fingerprint density at radius 2 is 1.88 bits per heavy atom. The average Bonchev–Trinajstić information content (AvgIpc) is 2.98. The lowest BCUT2D eigenvalue weighted by Gasteiger charge is -2.46. The number of thioether (sulfide) groups is 1. The molecule has 0 aliphatic carbocycles. The van der Waals surface area contributed by atoms with Crippen molar-refractivity contribution in [1.29, 1.82) is 0 Å². The van der Waals surface area contributed by atoms with Gasteiger partial charge in [-0.2, -0.15) is 18.3 Å². The van der Waals surface area contributed by atoms with Crippen LogP contribution in [0.25, 0.3) is 0 Å². The maximum absolute atomic E-state index is 14.2. The minimum atomic E-state index is -4.63. The minimum absolute atomic E-state index is 0.108. The third-order valence-electron chi connectivity index (χ3n) is 3.83. The van der Waals surface area contributed by atoms with Gasteiger partial charge in [-0.3, -0.25) is 9.69 Å². The first-order chi connectivity index (χ1) is 11.4.